The fraction of sp³-hybridized carbons (Fsp3) is 0.750. The first-order chi connectivity index (χ1) is 8.78. The molecule has 0 aromatic heterocycles. The van der Waals surface area contributed by atoms with Gasteiger partial charge in [0.1, 0.15) is 11.6 Å². The molecule has 2 heterocycles. The molecule has 4 amide bonds. The van der Waals surface area contributed by atoms with Gasteiger partial charge in [0.25, 0.3) is 5.91 Å². The minimum absolute atomic E-state index is 0.332. The van der Waals surface area contributed by atoms with Gasteiger partial charge in [0, 0.05) is 6.54 Å². The highest BCUT2D eigenvalue weighted by Crippen LogP contribution is 2.24. The van der Waals surface area contributed by atoms with E-state index >= 15 is 0 Å². The number of nitrogens with zero attached hydrogens (tertiary/aromatic N) is 1. The van der Waals surface area contributed by atoms with E-state index in [0.717, 1.165) is 6.42 Å². The fourth-order valence-electron chi connectivity index (χ4n) is 2.39. The van der Waals surface area contributed by atoms with Crippen molar-refractivity contribution in [3.8, 4) is 0 Å². The number of nitrogens with one attached hydrogen (secondary N) is 2. The van der Waals surface area contributed by atoms with Crippen molar-refractivity contribution in [1.29, 1.82) is 0 Å². The van der Waals surface area contributed by atoms with E-state index in [9.17, 15) is 14.4 Å². The van der Waals surface area contributed by atoms with Gasteiger partial charge >= 0.3 is 12.1 Å². The third kappa shape index (κ3) is 2.97. The lowest BCUT2D eigenvalue weighted by Crippen LogP contribution is -2.51. The van der Waals surface area contributed by atoms with Crippen LogP contribution < -0.4 is 10.6 Å². The van der Waals surface area contributed by atoms with Crippen LogP contribution in [0, 0.1) is 0 Å². The first-order valence-corrected chi connectivity index (χ1v) is 6.39. The Morgan fingerprint density at radius 2 is 2.05 bits per heavy atom. The zero-order valence-electron chi connectivity index (χ0n) is 11.4. The zero-order valence-corrected chi connectivity index (χ0v) is 11.4. The maximum Gasteiger partial charge on any atom is 0.410 e. The van der Waals surface area contributed by atoms with Gasteiger partial charge in [-0.05, 0) is 33.6 Å². The van der Waals surface area contributed by atoms with Crippen LogP contribution >= 0.6 is 0 Å². The molecule has 2 aliphatic rings. The fourth-order valence-corrected chi connectivity index (χ4v) is 2.39. The molecular weight excluding hydrogens is 250 g/mol. The van der Waals surface area contributed by atoms with E-state index in [4.69, 9.17) is 4.74 Å². The highest BCUT2D eigenvalue weighted by Gasteiger charge is 2.44. The lowest BCUT2D eigenvalue weighted by molar-refractivity contribution is -0.121. The van der Waals surface area contributed by atoms with Gasteiger partial charge in [-0.15, -0.1) is 0 Å². The second kappa shape index (κ2) is 4.71. The van der Waals surface area contributed by atoms with E-state index in [2.05, 4.69) is 10.6 Å². The van der Waals surface area contributed by atoms with Gasteiger partial charge in [-0.2, -0.15) is 0 Å². The molecule has 2 N–H and O–H groups in total. The summed E-state index contributed by atoms with van der Waals surface area (Å²) >= 11 is 0. The van der Waals surface area contributed by atoms with Crippen LogP contribution in [0.25, 0.3) is 0 Å². The number of imide groups is 1. The van der Waals surface area contributed by atoms with Crippen molar-refractivity contribution in [3.05, 3.63) is 0 Å². The minimum Gasteiger partial charge on any atom is -0.444 e. The first-order valence-electron chi connectivity index (χ1n) is 6.39. The number of carbonyl (C=O) groups is 3. The Hall–Kier alpha value is -1.79. The summed E-state index contributed by atoms with van der Waals surface area (Å²) in [6.07, 6.45) is 1.03. The monoisotopic (exact) mass is 269 g/mol. The standard InChI is InChI=1S/C12H19N3O4/c1-12(2,3)19-11(18)15-6-4-5-7(15)8-9(16)14-10(17)13-8/h7-8H,4-6H2,1-3H3,(H2,13,14,16,17)/t7-,8+/m0/s1. The Kier molecular flexibility index (Phi) is 3.38. The molecule has 2 aliphatic heterocycles. The van der Waals surface area contributed by atoms with Crippen LogP contribution in [0.15, 0.2) is 0 Å². The Morgan fingerprint density at radius 1 is 1.37 bits per heavy atom. The molecule has 0 bridgehead atoms. The highest BCUT2D eigenvalue weighted by atomic mass is 16.6. The van der Waals surface area contributed by atoms with Crippen molar-refractivity contribution in [2.24, 2.45) is 0 Å². The summed E-state index contributed by atoms with van der Waals surface area (Å²) < 4.78 is 5.32. The molecule has 0 spiro atoms. The summed E-state index contributed by atoms with van der Waals surface area (Å²) in [5.74, 6) is -0.384. The molecule has 106 valence electrons. The van der Waals surface area contributed by atoms with Gasteiger partial charge in [-0.25, -0.2) is 9.59 Å². The van der Waals surface area contributed by atoms with E-state index in [1.807, 2.05) is 0 Å². The number of hydrogen-bond donors (Lipinski definition) is 2. The van der Waals surface area contributed by atoms with Crippen LogP contribution in [-0.2, 0) is 9.53 Å². The van der Waals surface area contributed by atoms with E-state index in [1.54, 1.807) is 20.8 Å². The van der Waals surface area contributed by atoms with E-state index in [-0.39, 0.29) is 11.9 Å². The number of ether oxygens (including phenoxy) is 1. The molecule has 2 atom stereocenters. The number of urea groups is 1. The number of hydrogen-bond acceptors (Lipinski definition) is 4. The third-order valence-electron chi connectivity index (χ3n) is 3.12. The predicted molar refractivity (Wildman–Crippen MR) is 66.4 cm³/mol. The SMILES string of the molecule is CC(C)(C)OC(=O)N1CCC[C@H]1[C@H]1NC(=O)NC1=O. The van der Waals surface area contributed by atoms with Crippen LogP contribution in [0.5, 0.6) is 0 Å². The van der Waals surface area contributed by atoms with Crippen LogP contribution in [0.2, 0.25) is 0 Å². The van der Waals surface area contributed by atoms with Crippen molar-refractivity contribution < 1.29 is 19.1 Å². The van der Waals surface area contributed by atoms with Crippen molar-refractivity contribution in [2.45, 2.75) is 51.3 Å². The van der Waals surface area contributed by atoms with Crippen LogP contribution in [0.4, 0.5) is 9.59 Å². The van der Waals surface area contributed by atoms with Crippen molar-refractivity contribution in [2.75, 3.05) is 6.54 Å². The van der Waals surface area contributed by atoms with Gasteiger partial charge in [-0.3, -0.25) is 10.1 Å². The summed E-state index contributed by atoms with van der Waals surface area (Å²) in [5.41, 5.74) is -0.578. The third-order valence-corrected chi connectivity index (χ3v) is 3.12. The predicted octanol–water partition coefficient (Wildman–Crippen LogP) is 0.594. The highest BCUT2D eigenvalue weighted by molar-refractivity contribution is 6.04. The largest absolute Gasteiger partial charge is 0.444 e. The summed E-state index contributed by atoms with van der Waals surface area (Å²) in [7, 11) is 0. The van der Waals surface area contributed by atoms with Crippen molar-refractivity contribution in [3.63, 3.8) is 0 Å². The van der Waals surface area contributed by atoms with Gasteiger partial charge < -0.3 is 15.0 Å². The topological polar surface area (TPSA) is 87.7 Å². The second-order valence-electron chi connectivity index (χ2n) is 5.82. The average molecular weight is 269 g/mol. The maximum atomic E-state index is 12.1. The van der Waals surface area contributed by atoms with Crippen LogP contribution in [-0.4, -0.2) is 47.2 Å². The quantitative estimate of drug-likeness (QED) is 0.682. The van der Waals surface area contributed by atoms with Crippen LogP contribution in [0.3, 0.4) is 0 Å². The molecule has 0 aliphatic carbocycles. The first kappa shape index (κ1) is 13.6. The molecule has 0 aromatic carbocycles. The molecule has 2 saturated heterocycles. The van der Waals surface area contributed by atoms with Crippen LogP contribution in [0.1, 0.15) is 33.6 Å². The van der Waals surface area contributed by atoms with Crippen molar-refractivity contribution in [1.82, 2.24) is 15.5 Å². The lowest BCUT2D eigenvalue weighted by Gasteiger charge is -2.30. The zero-order chi connectivity index (χ0) is 14.2. The Labute approximate surface area is 111 Å². The molecule has 7 nitrogen and oxygen atoms in total. The molecule has 0 aromatic rings. The molecule has 2 rings (SSSR count). The number of amides is 4. The smallest absolute Gasteiger partial charge is 0.410 e. The van der Waals surface area contributed by atoms with Gasteiger partial charge in [-0.1, -0.05) is 0 Å². The summed E-state index contributed by atoms with van der Waals surface area (Å²) in [6.45, 7) is 5.92. The Morgan fingerprint density at radius 3 is 2.58 bits per heavy atom. The van der Waals surface area contributed by atoms with Gasteiger partial charge in [0.2, 0.25) is 0 Å². The summed E-state index contributed by atoms with van der Waals surface area (Å²) in [4.78, 5) is 36.4. The van der Waals surface area contributed by atoms with Gasteiger partial charge in [0.15, 0.2) is 0 Å². The van der Waals surface area contributed by atoms with Crippen molar-refractivity contribution >= 4 is 18.0 Å². The van der Waals surface area contributed by atoms with Gasteiger partial charge in [0.05, 0.1) is 6.04 Å². The molecule has 0 saturated carbocycles. The average Bonchev–Trinajstić information content (AvgIpc) is 2.81. The van der Waals surface area contributed by atoms with E-state index in [1.165, 1.54) is 4.90 Å². The Bertz CT molecular complexity index is 416. The lowest BCUT2D eigenvalue weighted by atomic mass is 10.1. The molecule has 0 unspecified atom stereocenters. The summed E-state index contributed by atoms with van der Waals surface area (Å²) in [6, 6.07) is -1.52. The molecule has 2 fully saturated rings. The number of rotatable bonds is 1. The Balaban J connectivity index is 2.07. The molecule has 19 heavy (non-hydrogen) atoms. The van der Waals surface area contributed by atoms with E-state index in [0.29, 0.717) is 13.0 Å². The number of likely N-dealkylation sites (tertiary alicyclic amines) is 1. The maximum absolute atomic E-state index is 12.1. The number of carbonyl (C=O) groups excluding carboxylic acids is 3. The molecule has 7 heteroatoms. The molecular formula is C12H19N3O4. The second-order valence-corrected chi connectivity index (χ2v) is 5.82. The summed E-state index contributed by atoms with van der Waals surface area (Å²) in [5, 5.41) is 4.73. The minimum atomic E-state index is -0.678. The van der Waals surface area contributed by atoms with E-state index < -0.39 is 23.8 Å². The normalized spacial score (nSPS) is 27.2. The molecule has 0 radical (unpaired) electrons.